The van der Waals surface area contributed by atoms with Crippen molar-refractivity contribution < 1.29 is 19.5 Å². The van der Waals surface area contributed by atoms with Crippen LogP contribution in [0.4, 0.5) is 0 Å². The van der Waals surface area contributed by atoms with Crippen LogP contribution in [-0.4, -0.2) is 23.7 Å². The van der Waals surface area contributed by atoms with E-state index in [4.69, 9.17) is 20.4 Å². The number of nitrogens with one attached hydrogen (secondary N) is 1. The number of nitrogens with two attached hydrogens (primary N) is 1. The molecule has 21 heavy (non-hydrogen) atoms. The van der Waals surface area contributed by atoms with Crippen molar-refractivity contribution in [3.63, 3.8) is 0 Å². The van der Waals surface area contributed by atoms with Gasteiger partial charge >= 0.3 is 0 Å². The molecule has 0 bridgehead atoms. The minimum absolute atomic E-state index is 0.104. The predicted octanol–water partition coefficient (Wildman–Crippen LogP) is 1.19. The lowest BCUT2D eigenvalue weighted by atomic mass is 9.85. The second-order valence-electron chi connectivity index (χ2n) is 5.04. The average Bonchev–Trinajstić information content (AvgIpc) is 2.98. The van der Waals surface area contributed by atoms with E-state index in [2.05, 4.69) is 10.5 Å². The van der Waals surface area contributed by atoms with E-state index in [0.29, 0.717) is 24.5 Å². The summed E-state index contributed by atoms with van der Waals surface area (Å²) in [6.07, 6.45) is 0.426. The van der Waals surface area contributed by atoms with Gasteiger partial charge in [0.05, 0.1) is 0 Å². The maximum Gasteiger partial charge on any atom is 0.233 e. The number of amidine groups is 1. The molecule has 0 radical (unpaired) electrons. The van der Waals surface area contributed by atoms with Crippen LogP contribution in [0.2, 0.25) is 0 Å². The molecule has 1 aromatic carbocycles. The molecule has 0 saturated heterocycles. The van der Waals surface area contributed by atoms with Crippen LogP contribution in [0.3, 0.4) is 0 Å². The van der Waals surface area contributed by atoms with Crippen molar-refractivity contribution in [3.8, 4) is 11.5 Å². The Morgan fingerprint density at radius 1 is 1.48 bits per heavy atom. The number of ether oxygens (including phenoxy) is 2. The second-order valence-corrected chi connectivity index (χ2v) is 5.04. The van der Waals surface area contributed by atoms with Gasteiger partial charge in [-0.15, -0.1) is 0 Å². The third-order valence-corrected chi connectivity index (χ3v) is 3.77. The number of nitrogens with zero attached hydrogens (tertiary/aromatic N) is 1. The SMILES string of the molecule is CCC(C)(C(=O)NCc1ccc2c(c1)OCO2)/C(N)=N/O. The smallest absolute Gasteiger partial charge is 0.233 e. The van der Waals surface area contributed by atoms with Crippen molar-refractivity contribution in [2.24, 2.45) is 16.3 Å². The largest absolute Gasteiger partial charge is 0.454 e. The summed E-state index contributed by atoms with van der Waals surface area (Å²) in [5, 5.41) is 14.5. The zero-order valence-corrected chi connectivity index (χ0v) is 12.0. The summed E-state index contributed by atoms with van der Waals surface area (Å²) in [6, 6.07) is 5.46. The Balaban J connectivity index is 2.04. The van der Waals surface area contributed by atoms with Gasteiger partial charge in [0.15, 0.2) is 17.3 Å². The highest BCUT2D eigenvalue weighted by Gasteiger charge is 2.36. The zero-order chi connectivity index (χ0) is 15.5. The van der Waals surface area contributed by atoms with E-state index in [1.165, 1.54) is 0 Å². The van der Waals surface area contributed by atoms with E-state index in [-0.39, 0.29) is 18.5 Å². The highest BCUT2D eigenvalue weighted by Crippen LogP contribution is 2.32. The lowest BCUT2D eigenvalue weighted by Gasteiger charge is -2.25. The van der Waals surface area contributed by atoms with Gasteiger partial charge in [0, 0.05) is 6.54 Å². The van der Waals surface area contributed by atoms with Crippen molar-refractivity contribution in [3.05, 3.63) is 23.8 Å². The molecule has 0 aromatic heterocycles. The second kappa shape index (κ2) is 5.90. The molecule has 0 fully saturated rings. The number of hydrogen-bond donors (Lipinski definition) is 3. The Morgan fingerprint density at radius 3 is 2.86 bits per heavy atom. The maximum atomic E-state index is 12.3. The number of carbonyl (C=O) groups excluding carboxylic acids is 1. The summed E-state index contributed by atoms with van der Waals surface area (Å²) in [5.41, 5.74) is 5.45. The Labute approximate surface area is 122 Å². The summed E-state index contributed by atoms with van der Waals surface area (Å²) in [4.78, 5) is 12.3. The summed E-state index contributed by atoms with van der Waals surface area (Å²) in [7, 11) is 0. The number of amides is 1. The van der Waals surface area contributed by atoms with Crippen LogP contribution in [0.1, 0.15) is 25.8 Å². The first-order valence-corrected chi connectivity index (χ1v) is 6.66. The van der Waals surface area contributed by atoms with Crippen LogP contribution in [-0.2, 0) is 11.3 Å². The zero-order valence-electron chi connectivity index (χ0n) is 12.0. The topological polar surface area (TPSA) is 106 Å². The van der Waals surface area contributed by atoms with Gasteiger partial charge < -0.3 is 25.7 Å². The fourth-order valence-electron chi connectivity index (χ4n) is 2.00. The summed E-state index contributed by atoms with van der Waals surface area (Å²) < 4.78 is 10.5. The van der Waals surface area contributed by atoms with E-state index in [1.807, 2.05) is 12.1 Å². The summed E-state index contributed by atoms with van der Waals surface area (Å²) >= 11 is 0. The average molecular weight is 293 g/mol. The Morgan fingerprint density at radius 2 is 2.19 bits per heavy atom. The summed E-state index contributed by atoms with van der Waals surface area (Å²) in [5.74, 6) is 0.961. The molecule has 1 heterocycles. The van der Waals surface area contributed by atoms with E-state index in [0.717, 1.165) is 5.56 Å². The van der Waals surface area contributed by atoms with E-state index in [1.54, 1.807) is 19.9 Å². The molecule has 1 aliphatic rings. The van der Waals surface area contributed by atoms with Gasteiger partial charge in [-0.2, -0.15) is 0 Å². The van der Waals surface area contributed by atoms with Crippen molar-refractivity contribution in [2.45, 2.75) is 26.8 Å². The number of fused-ring (bicyclic) bond motifs is 1. The molecule has 114 valence electrons. The molecule has 0 saturated carbocycles. The molecule has 0 spiro atoms. The van der Waals surface area contributed by atoms with Gasteiger partial charge in [-0.1, -0.05) is 18.1 Å². The van der Waals surface area contributed by atoms with Gasteiger partial charge in [0.1, 0.15) is 5.41 Å². The molecule has 7 heteroatoms. The first-order chi connectivity index (χ1) is 10.0. The number of hydrogen-bond acceptors (Lipinski definition) is 5. The number of oxime groups is 1. The minimum atomic E-state index is -1.04. The standard InChI is InChI=1S/C14H19N3O4/c1-3-14(2,12(15)17-19)13(18)16-7-9-4-5-10-11(6-9)21-8-20-10/h4-6,19H,3,7-8H2,1-2H3,(H2,15,17)(H,16,18). The minimum Gasteiger partial charge on any atom is -0.454 e. The van der Waals surface area contributed by atoms with Crippen LogP contribution in [0, 0.1) is 5.41 Å². The number of carbonyl (C=O) groups is 1. The Bertz CT molecular complexity index is 573. The van der Waals surface area contributed by atoms with Crippen LogP contribution >= 0.6 is 0 Å². The third kappa shape index (κ3) is 2.86. The highest BCUT2D eigenvalue weighted by molar-refractivity contribution is 6.06. The molecule has 1 amide bonds. The van der Waals surface area contributed by atoms with Crippen LogP contribution in [0.25, 0.3) is 0 Å². The normalized spacial score (nSPS) is 16.4. The first kappa shape index (κ1) is 15.0. The lowest BCUT2D eigenvalue weighted by Crippen LogP contribution is -2.47. The molecule has 7 nitrogen and oxygen atoms in total. The van der Waals surface area contributed by atoms with Gasteiger partial charge in [-0.05, 0) is 31.0 Å². The van der Waals surface area contributed by atoms with Gasteiger partial charge in [0.2, 0.25) is 12.7 Å². The first-order valence-electron chi connectivity index (χ1n) is 6.66. The van der Waals surface area contributed by atoms with Crippen LogP contribution in [0.15, 0.2) is 23.4 Å². The molecule has 1 unspecified atom stereocenters. The molecule has 0 aliphatic carbocycles. The van der Waals surface area contributed by atoms with E-state index >= 15 is 0 Å². The molecule has 1 aliphatic heterocycles. The van der Waals surface area contributed by atoms with E-state index < -0.39 is 5.41 Å². The van der Waals surface area contributed by atoms with Crippen molar-refractivity contribution in [1.29, 1.82) is 0 Å². The fraction of sp³-hybridized carbons (Fsp3) is 0.429. The van der Waals surface area contributed by atoms with Gasteiger partial charge in [-0.3, -0.25) is 4.79 Å². The third-order valence-electron chi connectivity index (χ3n) is 3.77. The monoisotopic (exact) mass is 293 g/mol. The number of rotatable bonds is 5. The molecule has 1 atom stereocenters. The molecule has 1 aromatic rings. The lowest BCUT2D eigenvalue weighted by molar-refractivity contribution is -0.127. The Hall–Kier alpha value is -2.44. The molecular formula is C14H19N3O4. The van der Waals surface area contributed by atoms with Crippen LogP contribution in [0.5, 0.6) is 11.5 Å². The quantitative estimate of drug-likeness (QED) is 0.327. The molecule has 4 N–H and O–H groups in total. The predicted molar refractivity (Wildman–Crippen MR) is 76.2 cm³/mol. The summed E-state index contributed by atoms with van der Waals surface area (Å²) in [6.45, 7) is 3.97. The fourth-order valence-corrected chi connectivity index (χ4v) is 2.00. The molecular weight excluding hydrogens is 274 g/mol. The molecule has 2 rings (SSSR count). The van der Waals surface area contributed by atoms with Gasteiger partial charge in [-0.25, -0.2) is 0 Å². The highest BCUT2D eigenvalue weighted by atomic mass is 16.7. The number of benzene rings is 1. The maximum absolute atomic E-state index is 12.3. The van der Waals surface area contributed by atoms with Gasteiger partial charge in [0.25, 0.3) is 0 Å². The van der Waals surface area contributed by atoms with Crippen molar-refractivity contribution >= 4 is 11.7 Å². The van der Waals surface area contributed by atoms with E-state index in [9.17, 15) is 4.79 Å². The van der Waals surface area contributed by atoms with Crippen molar-refractivity contribution in [2.75, 3.05) is 6.79 Å². The van der Waals surface area contributed by atoms with Crippen molar-refractivity contribution in [1.82, 2.24) is 5.32 Å². The van der Waals surface area contributed by atoms with Crippen LogP contribution < -0.4 is 20.5 Å². The Kier molecular flexibility index (Phi) is 4.21.